The highest BCUT2D eigenvalue weighted by Gasteiger charge is 2.37. The predicted octanol–water partition coefficient (Wildman–Crippen LogP) is 1.87. The zero-order chi connectivity index (χ0) is 14.6. The molecule has 2 aliphatic carbocycles. The van der Waals surface area contributed by atoms with Crippen LogP contribution >= 0.6 is 0 Å². The van der Waals surface area contributed by atoms with Crippen LogP contribution in [0, 0.1) is 5.41 Å². The maximum absolute atomic E-state index is 11.8. The standard InChI is InChI=1S/C15H29NO3S/c1-20(18,19)14-7-5-6-13(14)16-12-15(10-11-17)8-3-2-4-9-15/h13-14,16-17H,2-12H2,1H3. The average Bonchev–Trinajstić information content (AvgIpc) is 2.86. The SMILES string of the molecule is CS(=O)(=O)C1CCCC1NCC1(CCO)CCCCC1. The molecule has 0 aromatic rings. The number of rotatable bonds is 6. The quantitative estimate of drug-likeness (QED) is 0.786. The number of aliphatic hydroxyl groups is 1. The Kier molecular flexibility index (Phi) is 5.49. The van der Waals surface area contributed by atoms with Gasteiger partial charge in [0.05, 0.1) is 5.25 Å². The number of hydrogen-bond acceptors (Lipinski definition) is 4. The van der Waals surface area contributed by atoms with Gasteiger partial charge in [-0.15, -0.1) is 0 Å². The summed E-state index contributed by atoms with van der Waals surface area (Å²) in [6.45, 7) is 1.10. The molecule has 0 aromatic carbocycles. The van der Waals surface area contributed by atoms with E-state index in [1.807, 2.05) is 0 Å². The first-order valence-corrected chi connectivity index (χ1v) is 9.95. The molecule has 0 bridgehead atoms. The Balaban J connectivity index is 1.95. The summed E-state index contributed by atoms with van der Waals surface area (Å²) in [6.07, 6.45) is 11.1. The van der Waals surface area contributed by atoms with Crippen molar-refractivity contribution < 1.29 is 13.5 Å². The molecule has 0 aliphatic heterocycles. The fraction of sp³-hybridized carbons (Fsp3) is 1.00. The zero-order valence-electron chi connectivity index (χ0n) is 12.6. The molecule has 0 heterocycles. The Labute approximate surface area is 123 Å². The van der Waals surface area contributed by atoms with Crippen LogP contribution in [-0.4, -0.2) is 44.2 Å². The van der Waals surface area contributed by atoms with Crippen LogP contribution in [0.5, 0.6) is 0 Å². The molecule has 0 aromatic heterocycles. The van der Waals surface area contributed by atoms with E-state index in [2.05, 4.69) is 5.32 Å². The van der Waals surface area contributed by atoms with Gasteiger partial charge in [0, 0.05) is 25.4 Å². The first kappa shape index (κ1) is 16.2. The van der Waals surface area contributed by atoms with Gasteiger partial charge in [0.25, 0.3) is 0 Å². The highest BCUT2D eigenvalue weighted by Crippen LogP contribution is 2.39. The molecule has 0 saturated heterocycles. The van der Waals surface area contributed by atoms with E-state index < -0.39 is 9.84 Å². The van der Waals surface area contributed by atoms with E-state index in [1.165, 1.54) is 25.5 Å². The molecule has 2 rings (SSSR count). The lowest BCUT2D eigenvalue weighted by molar-refractivity contribution is 0.122. The lowest BCUT2D eigenvalue weighted by Crippen LogP contribution is -2.46. The summed E-state index contributed by atoms with van der Waals surface area (Å²) < 4.78 is 23.6. The molecule has 20 heavy (non-hydrogen) atoms. The Morgan fingerprint density at radius 1 is 1.15 bits per heavy atom. The molecule has 0 radical (unpaired) electrons. The second-order valence-corrected chi connectivity index (χ2v) is 9.09. The normalized spacial score (nSPS) is 30.5. The van der Waals surface area contributed by atoms with Crippen LogP contribution in [-0.2, 0) is 9.84 Å². The Morgan fingerprint density at radius 3 is 2.45 bits per heavy atom. The van der Waals surface area contributed by atoms with Crippen LogP contribution in [0.1, 0.15) is 57.8 Å². The molecule has 0 amide bonds. The first-order chi connectivity index (χ1) is 9.47. The summed E-state index contributed by atoms with van der Waals surface area (Å²) in [6, 6.07) is 0.113. The first-order valence-electron chi connectivity index (χ1n) is 8.00. The van der Waals surface area contributed by atoms with Crippen LogP contribution in [0.25, 0.3) is 0 Å². The molecule has 118 valence electrons. The molecule has 2 unspecified atom stereocenters. The van der Waals surface area contributed by atoms with Gasteiger partial charge in [0.1, 0.15) is 0 Å². The summed E-state index contributed by atoms with van der Waals surface area (Å²) in [5, 5.41) is 12.7. The average molecular weight is 303 g/mol. The molecule has 2 atom stereocenters. The predicted molar refractivity (Wildman–Crippen MR) is 81.5 cm³/mol. The fourth-order valence-electron chi connectivity index (χ4n) is 4.07. The van der Waals surface area contributed by atoms with Gasteiger partial charge >= 0.3 is 0 Å². The third kappa shape index (κ3) is 3.95. The molecular weight excluding hydrogens is 274 g/mol. The number of sulfone groups is 1. The van der Waals surface area contributed by atoms with E-state index in [1.54, 1.807) is 0 Å². The van der Waals surface area contributed by atoms with E-state index in [4.69, 9.17) is 0 Å². The van der Waals surface area contributed by atoms with Crippen molar-refractivity contribution in [3.63, 3.8) is 0 Å². The largest absolute Gasteiger partial charge is 0.396 e. The number of hydrogen-bond donors (Lipinski definition) is 2. The maximum atomic E-state index is 11.8. The second-order valence-electron chi connectivity index (χ2n) is 6.82. The third-order valence-electron chi connectivity index (χ3n) is 5.30. The Bertz CT molecular complexity index is 396. The second kappa shape index (κ2) is 6.75. The smallest absolute Gasteiger partial charge is 0.151 e. The van der Waals surface area contributed by atoms with Gasteiger partial charge in [0.2, 0.25) is 0 Å². The molecular formula is C15H29NO3S. The van der Waals surface area contributed by atoms with Crippen molar-refractivity contribution in [3.8, 4) is 0 Å². The van der Waals surface area contributed by atoms with E-state index >= 15 is 0 Å². The zero-order valence-corrected chi connectivity index (χ0v) is 13.4. The van der Waals surface area contributed by atoms with E-state index in [0.29, 0.717) is 0 Å². The fourth-order valence-corrected chi connectivity index (χ4v) is 5.50. The van der Waals surface area contributed by atoms with Gasteiger partial charge in [-0.05, 0) is 37.5 Å². The lowest BCUT2D eigenvalue weighted by Gasteiger charge is -2.38. The minimum Gasteiger partial charge on any atom is -0.396 e. The number of aliphatic hydroxyl groups excluding tert-OH is 1. The van der Waals surface area contributed by atoms with Crippen LogP contribution in [0.2, 0.25) is 0 Å². The van der Waals surface area contributed by atoms with E-state index in [9.17, 15) is 13.5 Å². The molecule has 2 saturated carbocycles. The van der Waals surface area contributed by atoms with Crippen LogP contribution in [0.15, 0.2) is 0 Å². The van der Waals surface area contributed by atoms with Gasteiger partial charge in [-0.3, -0.25) is 0 Å². The molecule has 0 spiro atoms. The van der Waals surface area contributed by atoms with Crippen molar-refractivity contribution >= 4 is 9.84 Å². The van der Waals surface area contributed by atoms with Crippen molar-refractivity contribution in [1.82, 2.24) is 5.32 Å². The Morgan fingerprint density at radius 2 is 1.85 bits per heavy atom. The maximum Gasteiger partial charge on any atom is 0.151 e. The lowest BCUT2D eigenvalue weighted by atomic mass is 9.72. The summed E-state index contributed by atoms with van der Waals surface area (Å²) >= 11 is 0. The monoisotopic (exact) mass is 303 g/mol. The van der Waals surface area contributed by atoms with Crippen LogP contribution < -0.4 is 5.32 Å². The number of nitrogens with one attached hydrogen (secondary N) is 1. The molecule has 2 N–H and O–H groups in total. The third-order valence-corrected chi connectivity index (χ3v) is 6.96. The summed E-state index contributed by atoms with van der Waals surface area (Å²) in [7, 11) is -2.95. The highest BCUT2D eigenvalue weighted by atomic mass is 32.2. The van der Waals surface area contributed by atoms with Crippen molar-refractivity contribution in [2.45, 2.75) is 69.1 Å². The minimum atomic E-state index is -2.95. The topological polar surface area (TPSA) is 66.4 Å². The molecule has 5 heteroatoms. The van der Waals surface area contributed by atoms with Crippen molar-refractivity contribution in [1.29, 1.82) is 0 Å². The molecule has 4 nitrogen and oxygen atoms in total. The van der Waals surface area contributed by atoms with Crippen LogP contribution in [0.3, 0.4) is 0 Å². The molecule has 2 aliphatic rings. The summed E-state index contributed by atoms with van der Waals surface area (Å²) in [5.74, 6) is 0. The van der Waals surface area contributed by atoms with E-state index in [-0.39, 0.29) is 23.3 Å². The van der Waals surface area contributed by atoms with Gasteiger partial charge in [-0.25, -0.2) is 8.42 Å². The van der Waals surface area contributed by atoms with Crippen molar-refractivity contribution in [2.75, 3.05) is 19.4 Å². The van der Waals surface area contributed by atoms with Crippen molar-refractivity contribution in [2.24, 2.45) is 5.41 Å². The summed E-state index contributed by atoms with van der Waals surface area (Å²) in [5.41, 5.74) is 0.192. The van der Waals surface area contributed by atoms with E-state index in [0.717, 1.165) is 45.1 Å². The van der Waals surface area contributed by atoms with Crippen LogP contribution in [0.4, 0.5) is 0 Å². The Hall–Kier alpha value is -0.130. The van der Waals surface area contributed by atoms with Gasteiger partial charge in [-0.1, -0.05) is 25.7 Å². The van der Waals surface area contributed by atoms with Crippen molar-refractivity contribution in [3.05, 3.63) is 0 Å². The molecule has 2 fully saturated rings. The summed E-state index contributed by atoms with van der Waals surface area (Å²) in [4.78, 5) is 0. The van der Waals surface area contributed by atoms with Gasteiger partial charge in [0.15, 0.2) is 9.84 Å². The minimum absolute atomic E-state index is 0.113. The highest BCUT2D eigenvalue weighted by molar-refractivity contribution is 7.91. The van der Waals surface area contributed by atoms with Gasteiger partial charge in [-0.2, -0.15) is 0 Å². The van der Waals surface area contributed by atoms with Gasteiger partial charge < -0.3 is 10.4 Å².